The summed E-state index contributed by atoms with van der Waals surface area (Å²) in [5.74, 6) is 1.09. The molecular weight excluding hydrogens is 152 g/mol. The van der Waals surface area contributed by atoms with Crippen LogP contribution < -0.4 is 4.57 Å². The van der Waals surface area contributed by atoms with Crippen LogP contribution in [0.2, 0.25) is 0 Å². The third-order valence-electron chi connectivity index (χ3n) is 1.19. The average molecular weight is 161 g/mol. The van der Waals surface area contributed by atoms with Crippen LogP contribution in [0.15, 0.2) is 4.34 Å². The quantitative estimate of drug-likeness (QED) is 0.451. The van der Waals surface area contributed by atoms with Gasteiger partial charge < -0.3 is 0 Å². The molecule has 0 bridgehead atoms. The molecule has 1 rings (SSSR count). The molecule has 1 aromatic heterocycles. The second-order valence-electron chi connectivity index (χ2n) is 1.76. The summed E-state index contributed by atoms with van der Waals surface area (Å²) in [4.78, 5) is 0. The monoisotopic (exact) mass is 161 g/mol. The molecule has 0 saturated heterocycles. The molecule has 0 aromatic carbocycles. The van der Waals surface area contributed by atoms with Gasteiger partial charge in [-0.1, -0.05) is 11.8 Å². The van der Waals surface area contributed by atoms with E-state index in [1.165, 1.54) is 4.34 Å². The molecule has 9 heavy (non-hydrogen) atoms. The minimum atomic E-state index is 1.09. The Labute approximate surface area is 63.1 Å². The van der Waals surface area contributed by atoms with Gasteiger partial charge in [0.05, 0.1) is 7.05 Å². The summed E-state index contributed by atoms with van der Waals surface area (Å²) in [6, 6.07) is 0. The van der Waals surface area contributed by atoms with Crippen LogP contribution >= 0.6 is 23.3 Å². The Morgan fingerprint density at radius 2 is 2.33 bits per heavy atom. The normalized spacial score (nSPS) is 10.1. The molecule has 0 spiro atoms. The van der Waals surface area contributed by atoms with E-state index < -0.39 is 0 Å². The zero-order chi connectivity index (χ0) is 6.85. The molecule has 0 unspecified atom stereocenters. The maximum absolute atomic E-state index is 4.17. The fourth-order valence-electron chi connectivity index (χ4n) is 0.534. The molecule has 50 valence electrons. The molecule has 0 aliphatic carbocycles. The van der Waals surface area contributed by atoms with Gasteiger partial charge in [-0.2, -0.15) is 0 Å². The summed E-state index contributed by atoms with van der Waals surface area (Å²) < 4.78 is 7.52. The summed E-state index contributed by atoms with van der Waals surface area (Å²) in [5, 5.41) is 0. The van der Waals surface area contributed by atoms with Crippen molar-refractivity contribution in [3.05, 3.63) is 5.82 Å². The molecule has 0 aliphatic rings. The molecule has 2 nitrogen and oxygen atoms in total. The van der Waals surface area contributed by atoms with E-state index in [2.05, 4.69) is 15.2 Å². The highest BCUT2D eigenvalue weighted by atomic mass is 32.2. The van der Waals surface area contributed by atoms with Crippen molar-refractivity contribution in [2.75, 3.05) is 6.26 Å². The molecule has 0 aliphatic heterocycles. The van der Waals surface area contributed by atoms with Gasteiger partial charge in [-0.15, -0.1) is 0 Å². The molecule has 0 fully saturated rings. The molecule has 0 radical (unpaired) electrons. The highest BCUT2D eigenvalue weighted by Gasteiger charge is 2.11. The van der Waals surface area contributed by atoms with Crippen molar-refractivity contribution in [1.82, 2.24) is 4.37 Å². The number of thioether (sulfide) groups is 1. The Morgan fingerprint density at radius 3 is 2.56 bits per heavy atom. The fourth-order valence-corrected chi connectivity index (χ4v) is 1.94. The van der Waals surface area contributed by atoms with Crippen molar-refractivity contribution in [3.63, 3.8) is 0 Å². The number of aromatic nitrogens is 2. The Kier molecular flexibility index (Phi) is 2.08. The van der Waals surface area contributed by atoms with Crippen LogP contribution in [0.1, 0.15) is 5.82 Å². The summed E-state index contributed by atoms with van der Waals surface area (Å²) >= 11 is 3.29. The van der Waals surface area contributed by atoms with Crippen LogP contribution in [-0.4, -0.2) is 10.6 Å². The Balaban J connectivity index is 3.04. The van der Waals surface area contributed by atoms with Gasteiger partial charge in [-0.25, -0.2) is 4.57 Å². The zero-order valence-electron chi connectivity index (χ0n) is 5.71. The second-order valence-corrected chi connectivity index (χ2v) is 3.56. The first-order valence-corrected chi connectivity index (χ1v) is 4.62. The van der Waals surface area contributed by atoms with E-state index in [1.54, 1.807) is 23.3 Å². The predicted molar refractivity (Wildman–Crippen MR) is 39.8 cm³/mol. The van der Waals surface area contributed by atoms with Gasteiger partial charge in [0.1, 0.15) is 11.5 Å². The van der Waals surface area contributed by atoms with E-state index in [4.69, 9.17) is 0 Å². The first kappa shape index (κ1) is 7.02. The van der Waals surface area contributed by atoms with Crippen LogP contribution in [0.5, 0.6) is 0 Å². The van der Waals surface area contributed by atoms with E-state index in [0.29, 0.717) is 0 Å². The Hall–Kier alpha value is -0.0900. The average Bonchev–Trinajstić information content (AvgIpc) is 2.15. The molecular formula is C5H9N2S2+. The van der Waals surface area contributed by atoms with Crippen molar-refractivity contribution in [3.8, 4) is 0 Å². The van der Waals surface area contributed by atoms with Crippen molar-refractivity contribution in [2.24, 2.45) is 7.05 Å². The van der Waals surface area contributed by atoms with E-state index in [1.807, 2.05) is 14.0 Å². The SMILES string of the molecule is CSc1snc(C)[n+]1C. The lowest BCUT2D eigenvalue weighted by molar-refractivity contribution is -0.709. The van der Waals surface area contributed by atoms with Gasteiger partial charge in [0, 0.05) is 11.3 Å². The molecule has 0 atom stereocenters. The maximum Gasteiger partial charge on any atom is 0.311 e. The maximum atomic E-state index is 4.17. The van der Waals surface area contributed by atoms with Gasteiger partial charge in [0.25, 0.3) is 4.34 Å². The van der Waals surface area contributed by atoms with E-state index in [0.717, 1.165) is 5.82 Å². The largest absolute Gasteiger partial charge is 0.311 e. The van der Waals surface area contributed by atoms with Crippen molar-refractivity contribution in [2.45, 2.75) is 11.3 Å². The van der Waals surface area contributed by atoms with Gasteiger partial charge in [0.15, 0.2) is 0 Å². The van der Waals surface area contributed by atoms with Crippen LogP contribution in [0.4, 0.5) is 0 Å². The van der Waals surface area contributed by atoms with E-state index in [-0.39, 0.29) is 0 Å². The number of nitrogens with zero attached hydrogens (tertiary/aromatic N) is 2. The lowest BCUT2D eigenvalue weighted by Crippen LogP contribution is -2.31. The molecule has 1 heterocycles. The van der Waals surface area contributed by atoms with Crippen molar-refractivity contribution < 1.29 is 4.57 Å². The molecule has 0 N–H and O–H groups in total. The van der Waals surface area contributed by atoms with E-state index >= 15 is 0 Å². The zero-order valence-corrected chi connectivity index (χ0v) is 7.34. The molecule has 0 saturated carbocycles. The van der Waals surface area contributed by atoms with E-state index in [9.17, 15) is 0 Å². The fraction of sp³-hybridized carbons (Fsp3) is 0.600. The van der Waals surface area contributed by atoms with Gasteiger partial charge >= 0.3 is 5.82 Å². The lowest BCUT2D eigenvalue weighted by Gasteiger charge is -1.85. The number of rotatable bonds is 1. The highest BCUT2D eigenvalue weighted by molar-refractivity contribution is 8.00. The number of hydrogen-bond acceptors (Lipinski definition) is 3. The molecule has 1 aromatic rings. The summed E-state index contributed by atoms with van der Waals surface area (Å²) in [6.45, 7) is 2.01. The molecule has 4 heteroatoms. The van der Waals surface area contributed by atoms with Crippen LogP contribution in [0.3, 0.4) is 0 Å². The molecule has 0 amide bonds. The standard InChI is InChI=1S/C5H9N2S2/c1-4-6-9-5(8-3)7(4)2/h1-3H3/q+1. The minimum absolute atomic E-state index is 1.09. The van der Waals surface area contributed by atoms with Crippen LogP contribution in [-0.2, 0) is 7.05 Å². The third kappa shape index (κ3) is 1.24. The first-order valence-electron chi connectivity index (χ1n) is 2.62. The summed E-state index contributed by atoms with van der Waals surface area (Å²) in [7, 11) is 2.03. The Bertz CT molecular complexity index is 207. The number of hydrogen-bond donors (Lipinski definition) is 0. The van der Waals surface area contributed by atoms with Crippen LogP contribution in [0.25, 0.3) is 0 Å². The third-order valence-corrected chi connectivity index (χ3v) is 3.32. The minimum Gasteiger partial charge on any atom is -0.213 e. The lowest BCUT2D eigenvalue weighted by atomic mass is 10.7. The highest BCUT2D eigenvalue weighted by Crippen LogP contribution is 2.13. The van der Waals surface area contributed by atoms with Gasteiger partial charge in [-0.05, 0) is 6.26 Å². The smallest absolute Gasteiger partial charge is 0.213 e. The van der Waals surface area contributed by atoms with Gasteiger partial charge in [-0.3, -0.25) is 0 Å². The Morgan fingerprint density at radius 1 is 1.67 bits per heavy atom. The topological polar surface area (TPSA) is 16.8 Å². The van der Waals surface area contributed by atoms with Crippen LogP contribution in [0, 0.1) is 6.92 Å². The summed E-state index contributed by atoms with van der Waals surface area (Å²) in [6.07, 6.45) is 2.06. The second kappa shape index (κ2) is 2.66. The summed E-state index contributed by atoms with van der Waals surface area (Å²) in [5.41, 5.74) is 0. The van der Waals surface area contributed by atoms with Crippen molar-refractivity contribution in [1.29, 1.82) is 0 Å². The number of aryl methyl sites for hydroxylation is 1. The first-order chi connectivity index (χ1) is 4.25. The predicted octanol–water partition coefficient (Wildman–Crippen LogP) is 0.998. The van der Waals surface area contributed by atoms with Crippen molar-refractivity contribution >= 4 is 23.3 Å². The van der Waals surface area contributed by atoms with Gasteiger partial charge in [0.2, 0.25) is 0 Å².